The first-order chi connectivity index (χ1) is 9.56. The zero-order valence-electron chi connectivity index (χ0n) is 10.7. The molecule has 1 aliphatic rings. The Hall–Kier alpha value is -0.850. The number of aliphatic hydroxyl groups is 1. The molecule has 3 N–H and O–H groups in total. The van der Waals surface area contributed by atoms with Crippen molar-refractivity contribution in [2.75, 3.05) is 26.2 Å². The van der Waals surface area contributed by atoms with E-state index in [1.165, 1.54) is 0 Å². The Balaban J connectivity index is 1.87. The maximum atomic E-state index is 11.8. The maximum Gasteiger partial charge on any atom is 0.250 e. The van der Waals surface area contributed by atoms with Crippen molar-refractivity contribution >= 4 is 29.1 Å². The summed E-state index contributed by atoms with van der Waals surface area (Å²) in [4.78, 5) is 11.8. The molecule has 20 heavy (non-hydrogen) atoms. The number of ether oxygens (including phenoxy) is 1. The van der Waals surface area contributed by atoms with Gasteiger partial charge >= 0.3 is 0 Å². The van der Waals surface area contributed by atoms with E-state index in [0.29, 0.717) is 28.8 Å². The zero-order chi connectivity index (χ0) is 14.5. The molecule has 1 aliphatic heterocycles. The molecule has 7 heteroatoms. The summed E-state index contributed by atoms with van der Waals surface area (Å²) in [5.41, 5.74) is 0.561. The molecule has 1 aromatic carbocycles. The molecule has 0 spiro atoms. The van der Waals surface area contributed by atoms with Crippen LogP contribution >= 0.6 is 23.2 Å². The predicted molar refractivity (Wildman–Crippen MR) is 77.0 cm³/mol. The fourth-order valence-electron chi connectivity index (χ4n) is 1.93. The molecule has 0 aromatic heterocycles. The molecule has 0 bridgehead atoms. The van der Waals surface area contributed by atoms with Gasteiger partial charge in [0.25, 0.3) is 5.91 Å². The normalized spacial score (nSPS) is 20.4. The third-order valence-electron chi connectivity index (χ3n) is 2.96. The molecule has 2 unspecified atom stereocenters. The van der Waals surface area contributed by atoms with Crippen molar-refractivity contribution in [1.82, 2.24) is 10.6 Å². The van der Waals surface area contributed by atoms with Gasteiger partial charge in [0.2, 0.25) is 0 Å². The SMILES string of the molecule is O=C(NCC(O)c1cc(Cl)cc(Cl)c1)C1CNCCO1. The van der Waals surface area contributed by atoms with Gasteiger partial charge < -0.3 is 20.5 Å². The average Bonchev–Trinajstić information content (AvgIpc) is 2.44. The highest BCUT2D eigenvalue weighted by molar-refractivity contribution is 6.34. The van der Waals surface area contributed by atoms with Gasteiger partial charge in [-0.3, -0.25) is 4.79 Å². The van der Waals surface area contributed by atoms with Gasteiger partial charge in [-0.2, -0.15) is 0 Å². The van der Waals surface area contributed by atoms with E-state index in [-0.39, 0.29) is 12.5 Å². The van der Waals surface area contributed by atoms with E-state index in [1.807, 2.05) is 0 Å². The summed E-state index contributed by atoms with van der Waals surface area (Å²) in [6, 6.07) is 4.81. The number of benzene rings is 1. The lowest BCUT2D eigenvalue weighted by Crippen LogP contribution is -2.48. The quantitative estimate of drug-likeness (QED) is 0.778. The minimum Gasteiger partial charge on any atom is -0.387 e. The first-order valence-electron chi connectivity index (χ1n) is 6.30. The van der Waals surface area contributed by atoms with Crippen molar-refractivity contribution in [2.24, 2.45) is 0 Å². The number of rotatable bonds is 4. The number of hydrogen-bond acceptors (Lipinski definition) is 4. The van der Waals surface area contributed by atoms with E-state index >= 15 is 0 Å². The summed E-state index contributed by atoms with van der Waals surface area (Å²) in [5.74, 6) is -0.246. The van der Waals surface area contributed by atoms with E-state index < -0.39 is 12.2 Å². The van der Waals surface area contributed by atoms with Crippen LogP contribution in [0.5, 0.6) is 0 Å². The van der Waals surface area contributed by atoms with Crippen molar-refractivity contribution in [3.05, 3.63) is 33.8 Å². The highest BCUT2D eigenvalue weighted by Gasteiger charge is 2.22. The number of hydrogen-bond donors (Lipinski definition) is 3. The summed E-state index contributed by atoms with van der Waals surface area (Å²) in [7, 11) is 0. The van der Waals surface area contributed by atoms with Crippen LogP contribution in [-0.2, 0) is 9.53 Å². The van der Waals surface area contributed by atoms with Crippen molar-refractivity contribution in [1.29, 1.82) is 0 Å². The summed E-state index contributed by atoms with van der Waals surface area (Å²) in [6.07, 6.45) is -1.38. The van der Waals surface area contributed by atoms with Crippen LogP contribution in [0, 0.1) is 0 Å². The van der Waals surface area contributed by atoms with Gasteiger partial charge in [0, 0.05) is 29.7 Å². The van der Waals surface area contributed by atoms with E-state index in [1.54, 1.807) is 18.2 Å². The lowest BCUT2D eigenvalue weighted by molar-refractivity contribution is -0.134. The van der Waals surface area contributed by atoms with Crippen LogP contribution in [0.1, 0.15) is 11.7 Å². The molecule has 5 nitrogen and oxygen atoms in total. The molecule has 1 saturated heterocycles. The zero-order valence-corrected chi connectivity index (χ0v) is 12.2. The van der Waals surface area contributed by atoms with Crippen LogP contribution in [0.25, 0.3) is 0 Å². The summed E-state index contributed by atoms with van der Waals surface area (Å²) < 4.78 is 5.32. The topological polar surface area (TPSA) is 70.6 Å². The van der Waals surface area contributed by atoms with Gasteiger partial charge in [-0.15, -0.1) is 0 Å². The molecule has 1 heterocycles. The Bertz CT molecular complexity index is 458. The molecule has 1 aromatic rings. The van der Waals surface area contributed by atoms with Gasteiger partial charge in [0.05, 0.1) is 12.7 Å². The molecule has 0 saturated carbocycles. The number of carbonyl (C=O) groups is 1. The lowest BCUT2D eigenvalue weighted by Gasteiger charge is -2.23. The first-order valence-corrected chi connectivity index (χ1v) is 7.06. The van der Waals surface area contributed by atoms with Crippen LogP contribution in [0.2, 0.25) is 10.0 Å². The number of carbonyl (C=O) groups excluding carboxylic acids is 1. The van der Waals surface area contributed by atoms with E-state index in [4.69, 9.17) is 27.9 Å². The standard InChI is InChI=1S/C13H16Cl2N2O3/c14-9-3-8(4-10(15)5-9)11(18)6-17-13(19)12-7-16-1-2-20-12/h3-5,11-12,16,18H,1-2,6-7H2,(H,17,19). The Kier molecular flexibility index (Phi) is 5.63. The third-order valence-corrected chi connectivity index (χ3v) is 3.40. The fraction of sp³-hybridized carbons (Fsp3) is 0.462. The Labute approximate surface area is 127 Å². The monoisotopic (exact) mass is 318 g/mol. The molecule has 0 aliphatic carbocycles. The fourth-order valence-corrected chi connectivity index (χ4v) is 2.47. The van der Waals surface area contributed by atoms with Crippen LogP contribution in [0.15, 0.2) is 18.2 Å². The second-order valence-corrected chi connectivity index (χ2v) is 5.40. The third kappa shape index (κ3) is 4.33. The van der Waals surface area contributed by atoms with Gasteiger partial charge in [-0.05, 0) is 23.8 Å². The van der Waals surface area contributed by atoms with E-state index in [2.05, 4.69) is 10.6 Å². The molecule has 0 radical (unpaired) electrons. The Morgan fingerprint density at radius 1 is 1.45 bits per heavy atom. The predicted octanol–water partition coefficient (Wildman–Crippen LogP) is 1.13. The van der Waals surface area contributed by atoms with Crippen LogP contribution in [0.3, 0.4) is 0 Å². The lowest BCUT2D eigenvalue weighted by atomic mass is 10.1. The highest BCUT2D eigenvalue weighted by Crippen LogP contribution is 2.23. The largest absolute Gasteiger partial charge is 0.387 e. The van der Waals surface area contributed by atoms with Gasteiger partial charge in [0.1, 0.15) is 6.10 Å². The Morgan fingerprint density at radius 3 is 2.75 bits per heavy atom. The molecule has 1 amide bonds. The van der Waals surface area contributed by atoms with Gasteiger partial charge in [-0.25, -0.2) is 0 Å². The van der Waals surface area contributed by atoms with E-state index in [0.717, 1.165) is 6.54 Å². The van der Waals surface area contributed by atoms with Gasteiger partial charge in [0.15, 0.2) is 0 Å². The van der Waals surface area contributed by atoms with Crippen LogP contribution in [-0.4, -0.2) is 43.4 Å². The van der Waals surface area contributed by atoms with Crippen molar-refractivity contribution in [2.45, 2.75) is 12.2 Å². The summed E-state index contributed by atoms with van der Waals surface area (Å²) >= 11 is 11.7. The first kappa shape index (κ1) is 15.5. The highest BCUT2D eigenvalue weighted by atomic mass is 35.5. The summed E-state index contributed by atoms with van der Waals surface area (Å²) in [5, 5.41) is 16.6. The van der Waals surface area contributed by atoms with E-state index in [9.17, 15) is 9.90 Å². The van der Waals surface area contributed by atoms with Gasteiger partial charge in [-0.1, -0.05) is 23.2 Å². The minimum atomic E-state index is -0.869. The smallest absolute Gasteiger partial charge is 0.250 e. The van der Waals surface area contributed by atoms with Crippen molar-refractivity contribution < 1.29 is 14.6 Å². The molecule has 110 valence electrons. The molecular formula is C13H16Cl2N2O3. The molecule has 2 rings (SSSR count). The van der Waals surface area contributed by atoms with Crippen LogP contribution in [0.4, 0.5) is 0 Å². The number of nitrogens with one attached hydrogen (secondary N) is 2. The second-order valence-electron chi connectivity index (χ2n) is 4.53. The molecule has 2 atom stereocenters. The summed E-state index contributed by atoms with van der Waals surface area (Å²) in [6.45, 7) is 1.80. The second kappa shape index (κ2) is 7.24. The minimum absolute atomic E-state index is 0.0787. The van der Waals surface area contributed by atoms with Crippen LogP contribution < -0.4 is 10.6 Å². The average molecular weight is 319 g/mol. The number of morpholine rings is 1. The maximum absolute atomic E-state index is 11.8. The number of aliphatic hydroxyl groups excluding tert-OH is 1. The Morgan fingerprint density at radius 2 is 2.15 bits per heavy atom. The molecule has 1 fully saturated rings. The molecular weight excluding hydrogens is 303 g/mol. The van der Waals surface area contributed by atoms with Crippen molar-refractivity contribution in [3.63, 3.8) is 0 Å². The number of halogens is 2. The van der Waals surface area contributed by atoms with Crippen molar-refractivity contribution in [3.8, 4) is 0 Å². The number of amides is 1.